The summed E-state index contributed by atoms with van der Waals surface area (Å²) < 4.78 is 16.0. The molecule has 0 bridgehead atoms. The lowest BCUT2D eigenvalue weighted by Gasteiger charge is -2.11. The van der Waals surface area contributed by atoms with Crippen LogP contribution in [0.2, 0.25) is 0 Å². The van der Waals surface area contributed by atoms with E-state index in [0.717, 1.165) is 22.6 Å². The molecular weight excluding hydrogens is 192 g/mol. The van der Waals surface area contributed by atoms with Crippen LogP contribution in [0, 0.1) is 6.92 Å². The first-order valence-corrected chi connectivity index (χ1v) is 5.05. The number of ether oxygens (including phenoxy) is 3. The molecule has 3 nitrogen and oxygen atoms in total. The van der Waals surface area contributed by atoms with Gasteiger partial charge in [-0.25, -0.2) is 0 Å². The number of hydrogen-bond acceptors (Lipinski definition) is 3. The number of epoxide rings is 1. The molecule has 1 aliphatic rings. The van der Waals surface area contributed by atoms with Gasteiger partial charge in [-0.2, -0.15) is 0 Å². The minimum absolute atomic E-state index is 0.202. The number of benzene rings is 1. The average molecular weight is 208 g/mol. The fourth-order valence-electron chi connectivity index (χ4n) is 1.81. The lowest BCUT2D eigenvalue weighted by atomic mass is 10.1. The number of rotatable bonds is 3. The molecule has 2 rings (SSSR count). The Morgan fingerprint density at radius 2 is 1.60 bits per heavy atom. The summed E-state index contributed by atoms with van der Waals surface area (Å²) in [6.07, 6.45) is 0.510. The number of hydrogen-bond donors (Lipinski definition) is 0. The highest BCUT2D eigenvalue weighted by Gasteiger charge is 2.36. The summed E-state index contributed by atoms with van der Waals surface area (Å²) in [5, 5.41) is 0. The van der Waals surface area contributed by atoms with E-state index in [1.54, 1.807) is 14.2 Å². The fourth-order valence-corrected chi connectivity index (χ4v) is 1.81. The lowest BCUT2D eigenvalue weighted by Crippen LogP contribution is -1.95. The molecule has 3 heteroatoms. The summed E-state index contributed by atoms with van der Waals surface area (Å²) in [5.74, 6) is 1.71. The van der Waals surface area contributed by atoms with Crippen LogP contribution >= 0.6 is 0 Å². The lowest BCUT2D eigenvalue weighted by molar-refractivity contribution is 0.373. The van der Waals surface area contributed by atoms with Crippen molar-refractivity contribution in [3.63, 3.8) is 0 Å². The SMILES string of the molecule is COc1cc([C@H]2O[C@H]2C)cc(OC)c1C. The van der Waals surface area contributed by atoms with Gasteiger partial charge in [0.1, 0.15) is 17.6 Å². The Hall–Kier alpha value is -1.22. The Balaban J connectivity index is 2.40. The molecule has 0 aromatic heterocycles. The predicted octanol–water partition coefficient (Wildman–Crippen LogP) is 2.47. The van der Waals surface area contributed by atoms with Gasteiger partial charge in [0.25, 0.3) is 0 Å². The molecule has 0 spiro atoms. The van der Waals surface area contributed by atoms with Gasteiger partial charge < -0.3 is 14.2 Å². The molecule has 0 aliphatic carbocycles. The highest BCUT2D eigenvalue weighted by molar-refractivity contribution is 5.48. The van der Waals surface area contributed by atoms with E-state index in [1.165, 1.54) is 0 Å². The standard InChI is InChI=1S/C12H16O3/c1-7-10(13-3)5-9(6-11(7)14-4)12-8(2)15-12/h5-6,8,12H,1-4H3/t8-,12-/m0/s1. The highest BCUT2D eigenvalue weighted by Crippen LogP contribution is 2.42. The molecular formula is C12H16O3. The minimum atomic E-state index is 0.202. The maximum absolute atomic E-state index is 5.43. The summed E-state index contributed by atoms with van der Waals surface area (Å²) in [5.41, 5.74) is 2.15. The molecule has 1 saturated heterocycles. The molecule has 1 aliphatic heterocycles. The van der Waals surface area contributed by atoms with Gasteiger partial charge in [-0.1, -0.05) is 0 Å². The Bertz CT molecular complexity index is 348. The van der Waals surface area contributed by atoms with E-state index in [4.69, 9.17) is 14.2 Å². The second-order valence-electron chi connectivity index (χ2n) is 3.81. The van der Waals surface area contributed by atoms with Crippen molar-refractivity contribution in [2.45, 2.75) is 26.1 Å². The normalized spacial score (nSPS) is 23.7. The summed E-state index contributed by atoms with van der Waals surface area (Å²) in [4.78, 5) is 0. The molecule has 82 valence electrons. The fraction of sp³-hybridized carbons (Fsp3) is 0.500. The Labute approximate surface area is 90.0 Å². The van der Waals surface area contributed by atoms with Crippen molar-refractivity contribution in [2.24, 2.45) is 0 Å². The zero-order valence-corrected chi connectivity index (χ0v) is 9.53. The molecule has 2 atom stereocenters. The van der Waals surface area contributed by atoms with E-state index >= 15 is 0 Å². The van der Waals surface area contributed by atoms with Crippen molar-refractivity contribution in [3.05, 3.63) is 23.3 Å². The smallest absolute Gasteiger partial charge is 0.125 e. The summed E-state index contributed by atoms with van der Waals surface area (Å²) >= 11 is 0. The van der Waals surface area contributed by atoms with Crippen molar-refractivity contribution in [1.82, 2.24) is 0 Å². The second kappa shape index (κ2) is 3.74. The van der Waals surface area contributed by atoms with E-state index in [2.05, 4.69) is 6.92 Å². The quantitative estimate of drug-likeness (QED) is 0.715. The Morgan fingerprint density at radius 3 is 1.93 bits per heavy atom. The van der Waals surface area contributed by atoms with Gasteiger partial charge in [-0.15, -0.1) is 0 Å². The first kappa shape index (κ1) is 10.3. The van der Waals surface area contributed by atoms with Crippen LogP contribution in [0.5, 0.6) is 11.5 Å². The van der Waals surface area contributed by atoms with Gasteiger partial charge in [0.15, 0.2) is 0 Å². The van der Waals surface area contributed by atoms with Gasteiger partial charge >= 0.3 is 0 Å². The number of methoxy groups -OCH3 is 2. The average Bonchev–Trinajstić information content (AvgIpc) is 2.96. The third-order valence-corrected chi connectivity index (χ3v) is 2.81. The van der Waals surface area contributed by atoms with Gasteiger partial charge in [0.2, 0.25) is 0 Å². The summed E-state index contributed by atoms with van der Waals surface area (Å²) in [6, 6.07) is 4.04. The van der Waals surface area contributed by atoms with Crippen molar-refractivity contribution in [1.29, 1.82) is 0 Å². The predicted molar refractivity (Wildman–Crippen MR) is 57.6 cm³/mol. The van der Waals surface area contributed by atoms with Gasteiger partial charge in [0, 0.05) is 5.56 Å². The summed E-state index contributed by atoms with van der Waals surface area (Å²) in [7, 11) is 3.34. The molecule has 1 heterocycles. The van der Waals surface area contributed by atoms with Gasteiger partial charge in [-0.05, 0) is 31.5 Å². The molecule has 1 aromatic carbocycles. The molecule has 0 radical (unpaired) electrons. The van der Waals surface area contributed by atoms with Crippen LogP contribution in [0.25, 0.3) is 0 Å². The zero-order valence-electron chi connectivity index (χ0n) is 9.53. The zero-order chi connectivity index (χ0) is 11.0. The first-order chi connectivity index (χ1) is 7.17. The second-order valence-corrected chi connectivity index (χ2v) is 3.81. The Kier molecular flexibility index (Phi) is 2.57. The van der Waals surface area contributed by atoms with Gasteiger partial charge in [-0.3, -0.25) is 0 Å². The van der Waals surface area contributed by atoms with E-state index in [9.17, 15) is 0 Å². The molecule has 0 amide bonds. The van der Waals surface area contributed by atoms with Gasteiger partial charge in [0.05, 0.1) is 20.3 Å². The van der Waals surface area contributed by atoms with Crippen LogP contribution in [-0.4, -0.2) is 20.3 Å². The van der Waals surface area contributed by atoms with Crippen LogP contribution in [0.3, 0.4) is 0 Å². The third-order valence-electron chi connectivity index (χ3n) is 2.81. The monoisotopic (exact) mass is 208 g/mol. The van der Waals surface area contributed by atoms with Crippen LogP contribution in [0.1, 0.15) is 24.2 Å². The maximum Gasteiger partial charge on any atom is 0.125 e. The minimum Gasteiger partial charge on any atom is -0.496 e. The van der Waals surface area contributed by atoms with E-state index in [-0.39, 0.29) is 6.10 Å². The largest absolute Gasteiger partial charge is 0.496 e. The molecule has 15 heavy (non-hydrogen) atoms. The summed E-state index contributed by atoms with van der Waals surface area (Å²) in [6.45, 7) is 4.04. The molecule has 1 fully saturated rings. The maximum atomic E-state index is 5.43. The van der Waals surface area contributed by atoms with E-state index < -0.39 is 0 Å². The molecule has 0 unspecified atom stereocenters. The third kappa shape index (κ3) is 1.79. The molecule has 0 N–H and O–H groups in total. The van der Waals surface area contributed by atoms with Crippen LogP contribution < -0.4 is 9.47 Å². The first-order valence-electron chi connectivity index (χ1n) is 5.05. The van der Waals surface area contributed by atoms with Crippen LogP contribution in [0.4, 0.5) is 0 Å². The Morgan fingerprint density at radius 1 is 1.13 bits per heavy atom. The van der Waals surface area contributed by atoms with Crippen molar-refractivity contribution >= 4 is 0 Å². The molecule has 0 saturated carbocycles. The van der Waals surface area contributed by atoms with Crippen molar-refractivity contribution < 1.29 is 14.2 Å². The topological polar surface area (TPSA) is 31.0 Å². The molecule has 1 aromatic rings. The van der Waals surface area contributed by atoms with E-state index in [1.807, 2.05) is 19.1 Å². The highest BCUT2D eigenvalue weighted by atomic mass is 16.6. The van der Waals surface area contributed by atoms with Crippen molar-refractivity contribution in [2.75, 3.05) is 14.2 Å². The van der Waals surface area contributed by atoms with E-state index in [0.29, 0.717) is 6.10 Å². The van der Waals surface area contributed by atoms with Crippen molar-refractivity contribution in [3.8, 4) is 11.5 Å². The van der Waals surface area contributed by atoms with Crippen LogP contribution in [-0.2, 0) is 4.74 Å². The van der Waals surface area contributed by atoms with Crippen LogP contribution in [0.15, 0.2) is 12.1 Å².